The van der Waals surface area contributed by atoms with Gasteiger partial charge in [-0.05, 0) is 19.0 Å². The number of nitrogens with one attached hydrogen (secondary N) is 2. The highest BCUT2D eigenvalue weighted by atomic mass is 16.1. The molecule has 0 atom stereocenters. The minimum atomic E-state index is 0.0367. The van der Waals surface area contributed by atoms with Crippen LogP contribution in [0, 0.1) is 0 Å². The van der Waals surface area contributed by atoms with E-state index in [-0.39, 0.29) is 5.91 Å². The third-order valence-electron chi connectivity index (χ3n) is 2.71. The molecule has 6 nitrogen and oxygen atoms in total. The van der Waals surface area contributed by atoms with E-state index in [1.54, 1.807) is 12.5 Å². The summed E-state index contributed by atoms with van der Waals surface area (Å²) < 4.78 is 0. The number of pyridine rings is 1. The number of carbonyl (C=O) groups excluding carboxylic acids is 1. The molecule has 0 bridgehead atoms. The van der Waals surface area contributed by atoms with Crippen molar-refractivity contribution in [1.29, 1.82) is 0 Å². The van der Waals surface area contributed by atoms with Crippen LogP contribution in [0.4, 0.5) is 0 Å². The summed E-state index contributed by atoms with van der Waals surface area (Å²) >= 11 is 0. The number of amides is 1. The molecule has 6 heteroatoms. The lowest BCUT2D eigenvalue weighted by Gasteiger charge is -2.04. The minimum absolute atomic E-state index is 0.0367. The van der Waals surface area contributed by atoms with Crippen molar-refractivity contribution in [3.63, 3.8) is 0 Å². The Balaban J connectivity index is 1.87. The Morgan fingerprint density at radius 3 is 3.17 bits per heavy atom. The second-order valence-corrected chi connectivity index (χ2v) is 4.05. The molecule has 1 amide bonds. The Labute approximate surface area is 105 Å². The van der Waals surface area contributed by atoms with Crippen LogP contribution in [0.1, 0.15) is 18.5 Å². The Morgan fingerprint density at radius 2 is 2.33 bits per heavy atom. The first kappa shape index (κ1) is 12.5. The van der Waals surface area contributed by atoms with Crippen LogP contribution in [0.2, 0.25) is 0 Å². The highest BCUT2D eigenvalue weighted by molar-refractivity contribution is 5.77. The summed E-state index contributed by atoms with van der Waals surface area (Å²) in [4.78, 5) is 22.9. The minimum Gasteiger partial charge on any atom is -0.356 e. The van der Waals surface area contributed by atoms with Crippen molar-refractivity contribution in [2.45, 2.75) is 19.3 Å². The zero-order valence-electron chi connectivity index (χ0n) is 10.1. The molecular weight excluding hydrogens is 230 g/mol. The molecule has 4 N–H and O–H groups in total. The normalized spacial score (nSPS) is 10.7. The summed E-state index contributed by atoms with van der Waals surface area (Å²) in [6.07, 6.45) is 5.27. The lowest BCUT2D eigenvalue weighted by Crippen LogP contribution is -2.26. The molecule has 0 fully saturated rings. The van der Waals surface area contributed by atoms with Crippen molar-refractivity contribution in [2.24, 2.45) is 5.73 Å². The molecule has 0 saturated heterocycles. The quantitative estimate of drug-likeness (QED) is 0.686. The van der Waals surface area contributed by atoms with E-state index in [1.165, 1.54) is 0 Å². The van der Waals surface area contributed by atoms with Crippen molar-refractivity contribution < 1.29 is 4.79 Å². The average Bonchev–Trinajstić information content (AvgIpc) is 2.85. The first-order chi connectivity index (χ1) is 8.81. The van der Waals surface area contributed by atoms with Gasteiger partial charge in [-0.1, -0.05) is 0 Å². The van der Waals surface area contributed by atoms with Gasteiger partial charge >= 0.3 is 0 Å². The average molecular weight is 247 g/mol. The van der Waals surface area contributed by atoms with Crippen LogP contribution in [0.3, 0.4) is 0 Å². The molecule has 2 heterocycles. The second kappa shape index (κ2) is 6.11. The zero-order valence-corrected chi connectivity index (χ0v) is 10.1. The predicted octanol–water partition coefficient (Wildman–Crippen LogP) is 0.356. The van der Waals surface area contributed by atoms with Gasteiger partial charge in [0.15, 0.2) is 0 Å². The van der Waals surface area contributed by atoms with Gasteiger partial charge in [-0.15, -0.1) is 0 Å². The molecule has 18 heavy (non-hydrogen) atoms. The van der Waals surface area contributed by atoms with Crippen molar-refractivity contribution in [1.82, 2.24) is 20.3 Å². The van der Waals surface area contributed by atoms with Crippen LogP contribution in [-0.4, -0.2) is 33.9 Å². The molecule has 0 aliphatic carbocycles. The van der Waals surface area contributed by atoms with E-state index in [4.69, 9.17) is 5.73 Å². The van der Waals surface area contributed by atoms with Crippen LogP contribution in [0.5, 0.6) is 0 Å². The molecule has 0 aromatic carbocycles. The lowest BCUT2D eigenvalue weighted by molar-refractivity contribution is -0.121. The van der Waals surface area contributed by atoms with Crippen LogP contribution in [-0.2, 0) is 11.2 Å². The van der Waals surface area contributed by atoms with Crippen LogP contribution in [0.15, 0.2) is 18.6 Å². The van der Waals surface area contributed by atoms with Crippen LogP contribution in [0.25, 0.3) is 11.0 Å². The summed E-state index contributed by atoms with van der Waals surface area (Å²) in [6, 6.07) is 1.88. The maximum Gasteiger partial charge on any atom is 0.220 e. The van der Waals surface area contributed by atoms with Gasteiger partial charge in [-0.2, -0.15) is 0 Å². The number of nitrogens with two attached hydrogens (primary N) is 1. The molecule has 0 unspecified atom stereocenters. The Morgan fingerprint density at radius 1 is 1.44 bits per heavy atom. The first-order valence-corrected chi connectivity index (χ1v) is 6.05. The molecule has 0 saturated carbocycles. The number of carbonyl (C=O) groups is 1. The first-order valence-electron chi connectivity index (χ1n) is 6.05. The van der Waals surface area contributed by atoms with Crippen molar-refractivity contribution >= 4 is 16.9 Å². The number of hydrogen-bond donors (Lipinski definition) is 3. The van der Waals surface area contributed by atoms with Crippen LogP contribution < -0.4 is 11.1 Å². The summed E-state index contributed by atoms with van der Waals surface area (Å²) in [7, 11) is 0. The molecule has 2 rings (SSSR count). The van der Waals surface area contributed by atoms with E-state index in [0.717, 1.165) is 23.1 Å². The van der Waals surface area contributed by atoms with Crippen molar-refractivity contribution in [3.8, 4) is 0 Å². The maximum atomic E-state index is 11.4. The summed E-state index contributed by atoms with van der Waals surface area (Å²) in [6.45, 7) is 1.12. The van der Waals surface area contributed by atoms with Crippen molar-refractivity contribution in [2.75, 3.05) is 13.1 Å². The topological polar surface area (TPSA) is 96.7 Å². The fourth-order valence-electron chi connectivity index (χ4n) is 1.78. The number of aromatic nitrogens is 3. The Kier molecular flexibility index (Phi) is 4.25. The number of rotatable bonds is 6. The van der Waals surface area contributed by atoms with Gasteiger partial charge in [0.25, 0.3) is 0 Å². The summed E-state index contributed by atoms with van der Waals surface area (Å²) in [5.74, 6) is 0.0367. The van der Waals surface area contributed by atoms with Crippen LogP contribution >= 0.6 is 0 Å². The SMILES string of the molecule is NCCCC(=O)NCCc1nccc2[nH]cnc12. The predicted molar refractivity (Wildman–Crippen MR) is 68.9 cm³/mol. The number of imidazole rings is 1. The number of nitrogens with zero attached hydrogens (tertiary/aromatic N) is 2. The Hall–Kier alpha value is -1.95. The van der Waals surface area contributed by atoms with Gasteiger partial charge in [-0.3, -0.25) is 9.78 Å². The van der Waals surface area contributed by atoms with E-state index in [2.05, 4.69) is 20.3 Å². The molecule has 0 aliphatic heterocycles. The van der Waals surface area contributed by atoms with Crippen molar-refractivity contribution in [3.05, 3.63) is 24.3 Å². The van der Waals surface area contributed by atoms with E-state index in [0.29, 0.717) is 25.9 Å². The molecule has 2 aromatic heterocycles. The Bertz CT molecular complexity index is 522. The highest BCUT2D eigenvalue weighted by Crippen LogP contribution is 2.11. The largest absolute Gasteiger partial charge is 0.356 e. The molecule has 96 valence electrons. The van der Waals surface area contributed by atoms with E-state index < -0.39 is 0 Å². The fourth-order valence-corrected chi connectivity index (χ4v) is 1.78. The molecule has 0 spiro atoms. The van der Waals surface area contributed by atoms with Gasteiger partial charge in [0.1, 0.15) is 5.52 Å². The number of aromatic amines is 1. The van der Waals surface area contributed by atoms with Gasteiger partial charge in [0, 0.05) is 25.6 Å². The summed E-state index contributed by atoms with van der Waals surface area (Å²) in [5, 5.41) is 2.85. The van der Waals surface area contributed by atoms with E-state index in [1.807, 2.05) is 6.07 Å². The second-order valence-electron chi connectivity index (χ2n) is 4.05. The number of H-pyrrole nitrogens is 1. The highest BCUT2D eigenvalue weighted by Gasteiger charge is 2.05. The molecule has 0 radical (unpaired) electrons. The number of hydrogen-bond acceptors (Lipinski definition) is 4. The lowest BCUT2D eigenvalue weighted by atomic mass is 10.2. The molecular formula is C12H17N5O. The zero-order chi connectivity index (χ0) is 12.8. The molecule has 2 aromatic rings. The fraction of sp³-hybridized carbons (Fsp3) is 0.417. The van der Waals surface area contributed by atoms with E-state index in [9.17, 15) is 4.79 Å². The van der Waals surface area contributed by atoms with E-state index >= 15 is 0 Å². The standard InChI is InChI=1S/C12H17N5O/c13-5-1-2-11(18)15-7-4-9-12-10(3-6-14-9)16-8-17-12/h3,6,8H,1-2,4-5,7,13H2,(H,15,18)(H,16,17). The van der Waals surface area contributed by atoms with Gasteiger partial charge in [0.2, 0.25) is 5.91 Å². The number of fused-ring (bicyclic) bond motifs is 1. The van der Waals surface area contributed by atoms with Gasteiger partial charge in [-0.25, -0.2) is 4.98 Å². The third kappa shape index (κ3) is 3.04. The van der Waals surface area contributed by atoms with Gasteiger partial charge < -0.3 is 16.0 Å². The van der Waals surface area contributed by atoms with Gasteiger partial charge in [0.05, 0.1) is 17.5 Å². The smallest absolute Gasteiger partial charge is 0.220 e. The molecule has 0 aliphatic rings. The monoisotopic (exact) mass is 247 g/mol. The third-order valence-corrected chi connectivity index (χ3v) is 2.71. The summed E-state index contributed by atoms with van der Waals surface area (Å²) in [5.41, 5.74) is 8.08. The maximum absolute atomic E-state index is 11.4.